The first-order valence-corrected chi connectivity index (χ1v) is 11.6. The molecule has 0 aliphatic carbocycles. The summed E-state index contributed by atoms with van der Waals surface area (Å²) >= 11 is 0. The predicted octanol–water partition coefficient (Wildman–Crippen LogP) is 6.05. The highest BCUT2D eigenvalue weighted by Crippen LogP contribution is 2.32. The maximum atomic E-state index is 13.3. The summed E-state index contributed by atoms with van der Waals surface area (Å²) in [6.45, 7) is 6.48. The third-order valence-corrected chi connectivity index (χ3v) is 5.89. The third kappa shape index (κ3) is 4.38. The second-order valence-corrected chi connectivity index (χ2v) is 8.32. The van der Waals surface area contributed by atoms with Crippen molar-refractivity contribution in [3.63, 3.8) is 0 Å². The van der Waals surface area contributed by atoms with Crippen LogP contribution in [0.5, 0.6) is 5.75 Å². The molecule has 6 nitrogen and oxygen atoms in total. The van der Waals surface area contributed by atoms with E-state index in [-0.39, 0.29) is 5.91 Å². The van der Waals surface area contributed by atoms with Crippen molar-refractivity contribution in [2.45, 2.75) is 20.8 Å². The lowest BCUT2D eigenvalue weighted by atomic mass is 10.0. The van der Waals surface area contributed by atoms with E-state index in [4.69, 9.17) is 9.84 Å². The maximum absolute atomic E-state index is 13.3. The summed E-state index contributed by atoms with van der Waals surface area (Å²) in [4.78, 5) is 13.3. The lowest BCUT2D eigenvalue weighted by Crippen LogP contribution is -2.21. The van der Waals surface area contributed by atoms with Gasteiger partial charge in [0.15, 0.2) is 0 Å². The van der Waals surface area contributed by atoms with Crippen molar-refractivity contribution in [1.29, 1.82) is 0 Å². The molecular weight excluding hydrogens is 436 g/mol. The summed E-state index contributed by atoms with van der Waals surface area (Å²) in [5.41, 5.74) is 6.55. The third-order valence-electron chi connectivity index (χ3n) is 5.89. The minimum atomic E-state index is -0.157. The fraction of sp³-hybridized carbons (Fsp3) is 0.138. The summed E-state index contributed by atoms with van der Waals surface area (Å²) < 4.78 is 7.51. The van der Waals surface area contributed by atoms with Gasteiger partial charge in [0.1, 0.15) is 11.4 Å². The summed E-state index contributed by atoms with van der Waals surface area (Å²) in [5, 5.41) is 10.9. The van der Waals surface area contributed by atoms with Crippen molar-refractivity contribution in [1.82, 2.24) is 9.78 Å². The average Bonchev–Trinajstić information content (AvgIpc) is 3.42. The van der Waals surface area contributed by atoms with Crippen LogP contribution in [0.1, 0.15) is 25.0 Å². The summed E-state index contributed by atoms with van der Waals surface area (Å²) in [6, 6.07) is 25.4. The number of para-hydroxylation sites is 2. The zero-order valence-electron chi connectivity index (χ0n) is 20.0. The highest BCUT2D eigenvalue weighted by Gasteiger charge is 2.29. The van der Waals surface area contributed by atoms with Crippen LogP contribution >= 0.6 is 0 Å². The number of hydrogen-bond donors (Lipinski definition) is 0. The Morgan fingerprint density at radius 2 is 1.60 bits per heavy atom. The molecular formula is C29H26N4O2. The van der Waals surface area contributed by atoms with Crippen LogP contribution < -0.4 is 9.75 Å². The molecule has 0 radical (unpaired) electrons. The predicted molar refractivity (Wildman–Crippen MR) is 140 cm³/mol. The van der Waals surface area contributed by atoms with Crippen LogP contribution in [-0.4, -0.2) is 28.0 Å². The number of carbonyl (C=O) groups excluding carboxylic acids is 1. The lowest BCUT2D eigenvalue weighted by molar-refractivity contribution is -0.114. The molecule has 2 heterocycles. The number of rotatable bonds is 6. The first kappa shape index (κ1) is 22.3. The maximum Gasteiger partial charge on any atom is 0.280 e. The van der Waals surface area contributed by atoms with E-state index < -0.39 is 0 Å². The Hall–Kier alpha value is -4.45. The summed E-state index contributed by atoms with van der Waals surface area (Å²) in [5.74, 6) is 0.666. The van der Waals surface area contributed by atoms with Crippen molar-refractivity contribution in [3.05, 3.63) is 102 Å². The number of amides is 1. The van der Waals surface area contributed by atoms with Crippen LogP contribution in [0.15, 0.2) is 95.7 Å². The monoisotopic (exact) mass is 462 g/mol. The zero-order chi connectivity index (χ0) is 24.4. The van der Waals surface area contributed by atoms with Crippen LogP contribution in [0.4, 0.5) is 5.69 Å². The molecule has 0 N–H and O–H groups in total. The van der Waals surface area contributed by atoms with E-state index in [1.165, 1.54) is 5.01 Å². The normalized spacial score (nSPS) is 14.5. The Labute approximate surface area is 204 Å². The summed E-state index contributed by atoms with van der Waals surface area (Å²) in [7, 11) is 0. The number of nitrogens with zero attached hydrogens (tertiary/aromatic N) is 4. The SMILES string of the molecule is CCOc1ccc(-c2nn(-c3ccccc3)cc2/C=C2\C(=O)N(c3ccccc3)N=C2C)c(C)c1. The van der Waals surface area contributed by atoms with E-state index in [2.05, 4.69) is 5.10 Å². The number of ether oxygens (including phenoxy) is 1. The molecule has 1 aliphatic rings. The van der Waals surface area contributed by atoms with Crippen LogP contribution in [0, 0.1) is 6.92 Å². The number of hydrazone groups is 1. The minimum Gasteiger partial charge on any atom is -0.494 e. The number of aryl methyl sites for hydroxylation is 1. The molecule has 0 spiro atoms. The molecule has 3 aromatic carbocycles. The molecule has 0 unspecified atom stereocenters. The number of anilines is 1. The lowest BCUT2D eigenvalue weighted by Gasteiger charge is -2.11. The van der Waals surface area contributed by atoms with E-state index in [9.17, 15) is 4.79 Å². The van der Waals surface area contributed by atoms with Crippen LogP contribution in [0.25, 0.3) is 23.0 Å². The molecule has 1 aromatic heterocycles. The van der Waals surface area contributed by atoms with E-state index in [1.807, 2.05) is 117 Å². The van der Waals surface area contributed by atoms with Gasteiger partial charge in [-0.3, -0.25) is 4.79 Å². The Morgan fingerprint density at radius 3 is 2.26 bits per heavy atom. The number of aromatic nitrogens is 2. The molecule has 0 saturated heterocycles. The topological polar surface area (TPSA) is 59.7 Å². The van der Waals surface area contributed by atoms with Crippen molar-refractivity contribution in [2.24, 2.45) is 5.10 Å². The van der Waals surface area contributed by atoms with Gasteiger partial charge in [-0.05, 0) is 74.9 Å². The first-order chi connectivity index (χ1) is 17.0. The van der Waals surface area contributed by atoms with Crippen molar-refractivity contribution in [2.75, 3.05) is 11.6 Å². The average molecular weight is 463 g/mol. The number of carbonyl (C=O) groups is 1. The molecule has 1 amide bonds. The van der Waals surface area contributed by atoms with E-state index in [0.29, 0.717) is 17.9 Å². The summed E-state index contributed by atoms with van der Waals surface area (Å²) in [6.07, 6.45) is 3.85. The van der Waals surface area contributed by atoms with Gasteiger partial charge in [-0.1, -0.05) is 36.4 Å². The fourth-order valence-electron chi connectivity index (χ4n) is 4.16. The van der Waals surface area contributed by atoms with Gasteiger partial charge in [0.25, 0.3) is 5.91 Å². The van der Waals surface area contributed by atoms with Gasteiger partial charge in [0, 0.05) is 17.3 Å². The molecule has 6 heteroatoms. The van der Waals surface area contributed by atoms with Crippen molar-refractivity contribution in [3.8, 4) is 22.7 Å². The van der Waals surface area contributed by atoms with Gasteiger partial charge < -0.3 is 4.74 Å². The van der Waals surface area contributed by atoms with E-state index in [0.717, 1.165) is 39.5 Å². The second kappa shape index (κ2) is 9.43. The molecule has 5 rings (SSSR count). The standard InChI is InChI=1S/C29H26N4O2/c1-4-35-25-15-16-26(20(2)17-25)28-22(19-32(31-28)23-11-7-5-8-12-23)18-27-21(3)30-33(29(27)34)24-13-9-6-10-14-24/h5-19H,4H2,1-3H3/b27-18-. The molecule has 0 bridgehead atoms. The van der Waals surface area contributed by atoms with Gasteiger partial charge in [-0.15, -0.1) is 0 Å². The molecule has 4 aromatic rings. The van der Waals surface area contributed by atoms with Gasteiger partial charge in [-0.2, -0.15) is 15.2 Å². The van der Waals surface area contributed by atoms with Crippen LogP contribution in [0.2, 0.25) is 0 Å². The van der Waals surface area contributed by atoms with Crippen molar-refractivity contribution < 1.29 is 9.53 Å². The van der Waals surface area contributed by atoms with Crippen LogP contribution in [-0.2, 0) is 4.79 Å². The molecule has 1 aliphatic heterocycles. The molecule has 0 atom stereocenters. The zero-order valence-corrected chi connectivity index (χ0v) is 20.0. The Bertz CT molecular complexity index is 1440. The highest BCUT2D eigenvalue weighted by molar-refractivity contribution is 6.32. The van der Waals surface area contributed by atoms with E-state index in [1.54, 1.807) is 0 Å². The minimum absolute atomic E-state index is 0.157. The fourth-order valence-corrected chi connectivity index (χ4v) is 4.16. The largest absolute Gasteiger partial charge is 0.494 e. The Morgan fingerprint density at radius 1 is 0.914 bits per heavy atom. The molecule has 174 valence electrons. The number of benzene rings is 3. The van der Waals surface area contributed by atoms with Gasteiger partial charge >= 0.3 is 0 Å². The number of hydrogen-bond acceptors (Lipinski definition) is 4. The smallest absolute Gasteiger partial charge is 0.280 e. The van der Waals surface area contributed by atoms with Gasteiger partial charge in [0.05, 0.1) is 29.3 Å². The van der Waals surface area contributed by atoms with Gasteiger partial charge in [0.2, 0.25) is 0 Å². The molecule has 35 heavy (non-hydrogen) atoms. The second-order valence-electron chi connectivity index (χ2n) is 8.32. The first-order valence-electron chi connectivity index (χ1n) is 11.6. The molecule has 0 saturated carbocycles. The quantitative estimate of drug-likeness (QED) is 0.328. The van der Waals surface area contributed by atoms with Gasteiger partial charge in [-0.25, -0.2) is 4.68 Å². The Kier molecular flexibility index (Phi) is 6.02. The highest BCUT2D eigenvalue weighted by atomic mass is 16.5. The molecule has 0 fully saturated rings. The van der Waals surface area contributed by atoms with Crippen molar-refractivity contribution >= 4 is 23.4 Å². The van der Waals surface area contributed by atoms with Crippen LogP contribution in [0.3, 0.4) is 0 Å². The Balaban J connectivity index is 1.61. The van der Waals surface area contributed by atoms with E-state index >= 15 is 0 Å².